The van der Waals surface area contributed by atoms with Crippen LogP contribution in [0.15, 0.2) is 42.6 Å². The molecular weight excluding hydrogens is 240 g/mol. The van der Waals surface area contributed by atoms with Crippen molar-refractivity contribution in [1.29, 1.82) is 0 Å². The van der Waals surface area contributed by atoms with Crippen LogP contribution in [0.25, 0.3) is 11.4 Å². The van der Waals surface area contributed by atoms with Gasteiger partial charge >= 0.3 is 5.97 Å². The van der Waals surface area contributed by atoms with Crippen molar-refractivity contribution in [3.63, 3.8) is 0 Å². The van der Waals surface area contributed by atoms with E-state index in [0.717, 1.165) is 17.1 Å². The van der Waals surface area contributed by atoms with Gasteiger partial charge in [-0.05, 0) is 24.3 Å². The van der Waals surface area contributed by atoms with Gasteiger partial charge in [0, 0.05) is 24.7 Å². The molecule has 4 heteroatoms. The predicted octanol–water partition coefficient (Wildman–Crippen LogP) is 2.81. The standard InChI is InChI=1S/C15H16N2O2/c1-11(10-19-12(2)18)13-7-5-8-15(17-13)14-6-3-4-9-16-14/h3-9,11H,10H2,1-2H3. The topological polar surface area (TPSA) is 52.1 Å². The molecule has 0 aliphatic rings. The zero-order valence-corrected chi connectivity index (χ0v) is 11.0. The Kier molecular flexibility index (Phi) is 4.23. The number of hydrogen-bond acceptors (Lipinski definition) is 4. The molecule has 2 aromatic rings. The van der Waals surface area contributed by atoms with E-state index in [4.69, 9.17) is 4.74 Å². The fraction of sp³-hybridized carbons (Fsp3) is 0.267. The molecule has 0 fully saturated rings. The van der Waals surface area contributed by atoms with Crippen LogP contribution in [0.5, 0.6) is 0 Å². The van der Waals surface area contributed by atoms with Gasteiger partial charge in [-0.25, -0.2) is 0 Å². The van der Waals surface area contributed by atoms with Gasteiger partial charge in [0.15, 0.2) is 0 Å². The summed E-state index contributed by atoms with van der Waals surface area (Å²) in [7, 11) is 0. The summed E-state index contributed by atoms with van der Waals surface area (Å²) in [5, 5.41) is 0. The highest BCUT2D eigenvalue weighted by Crippen LogP contribution is 2.18. The number of hydrogen-bond donors (Lipinski definition) is 0. The first-order valence-electron chi connectivity index (χ1n) is 6.18. The summed E-state index contributed by atoms with van der Waals surface area (Å²) in [6.07, 6.45) is 1.74. The lowest BCUT2D eigenvalue weighted by Gasteiger charge is -2.11. The molecule has 98 valence electrons. The van der Waals surface area contributed by atoms with Crippen molar-refractivity contribution in [2.75, 3.05) is 6.61 Å². The molecular formula is C15H16N2O2. The van der Waals surface area contributed by atoms with E-state index in [0.29, 0.717) is 6.61 Å². The molecule has 0 spiro atoms. The highest BCUT2D eigenvalue weighted by molar-refractivity contribution is 5.65. The molecule has 0 saturated heterocycles. The molecule has 1 atom stereocenters. The summed E-state index contributed by atoms with van der Waals surface area (Å²) < 4.78 is 5.01. The normalized spacial score (nSPS) is 11.9. The zero-order valence-electron chi connectivity index (χ0n) is 11.0. The summed E-state index contributed by atoms with van der Waals surface area (Å²) in [6, 6.07) is 11.5. The monoisotopic (exact) mass is 256 g/mol. The minimum Gasteiger partial charge on any atom is -0.465 e. The van der Waals surface area contributed by atoms with Crippen LogP contribution in [0.1, 0.15) is 25.5 Å². The minimum absolute atomic E-state index is 0.0626. The van der Waals surface area contributed by atoms with Crippen LogP contribution < -0.4 is 0 Å². The molecule has 0 aliphatic carbocycles. The van der Waals surface area contributed by atoms with Gasteiger partial charge in [0.1, 0.15) is 0 Å². The van der Waals surface area contributed by atoms with Crippen LogP contribution in [0, 0.1) is 0 Å². The van der Waals surface area contributed by atoms with Crippen molar-refractivity contribution in [2.45, 2.75) is 19.8 Å². The summed E-state index contributed by atoms with van der Waals surface area (Å²) in [5.74, 6) is -0.208. The molecule has 0 amide bonds. The Balaban J connectivity index is 2.17. The van der Waals surface area contributed by atoms with E-state index < -0.39 is 0 Å². The molecule has 0 radical (unpaired) electrons. The number of nitrogens with zero attached hydrogens (tertiary/aromatic N) is 2. The molecule has 0 bridgehead atoms. The molecule has 4 nitrogen and oxygen atoms in total. The lowest BCUT2D eigenvalue weighted by molar-refractivity contribution is -0.141. The van der Waals surface area contributed by atoms with Crippen LogP contribution >= 0.6 is 0 Å². The molecule has 0 N–H and O–H groups in total. The Bertz CT molecular complexity index is 555. The largest absolute Gasteiger partial charge is 0.465 e. The summed E-state index contributed by atoms with van der Waals surface area (Å²) in [5.41, 5.74) is 2.56. The van der Waals surface area contributed by atoms with E-state index in [1.165, 1.54) is 6.92 Å². The second-order valence-corrected chi connectivity index (χ2v) is 4.37. The third-order valence-electron chi connectivity index (χ3n) is 2.74. The van der Waals surface area contributed by atoms with Gasteiger partial charge in [0.25, 0.3) is 0 Å². The SMILES string of the molecule is CC(=O)OCC(C)c1cccc(-c2ccccn2)n1. The van der Waals surface area contributed by atoms with Gasteiger partial charge in [0.05, 0.1) is 18.0 Å². The number of ether oxygens (including phenoxy) is 1. The summed E-state index contributed by atoms with van der Waals surface area (Å²) >= 11 is 0. The van der Waals surface area contributed by atoms with Crippen molar-refractivity contribution in [3.05, 3.63) is 48.3 Å². The van der Waals surface area contributed by atoms with Crippen molar-refractivity contribution >= 4 is 5.97 Å². The van der Waals surface area contributed by atoms with Crippen molar-refractivity contribution in [2.24, 2.45) is 0 Å². The number of rotatable bonds is 4. The average Bonchev–Trinajstić information content (AvgIpc) is 2.46. The van der Waals surface area contributed by atoms with Gasteiger partial charge in [-0.2, -0.15) is 0 Å². The number of aromatic nitrogens is 2. The summed E-state index contributed by atoms with van der Waals surface area (Å²) in [6.45, 7) is 3.73. The summed E-state index contributed by atoms with van der Waals surface area (Å²) in [4.78, 5) is 19.7. The fourth-order valence-electron chi connectivity index (χ4n) is 1.71. The molecule has 2 heterocycles. The molecule has 2 rings (SSSR count). The Morgan fingerprint density at radius 2 is 2.00 bits per heavy atom. The van der Waals surface area contributed by atoms with Crippen molar-refractivity contribution in [3.8, 4) is 11.4 Å². The smallest absolute Gasteiger partial charge is 0.302 e. The molecule has 0 saturated carbocycles. The lowest BCUT2D eigenvalue weighted by atomic mass is 10.1. The Labute approximate surface area is 112 Å². The van der Waals surface area contributed by atoms with Crippen LogP contribution in [0.3, 0.4) is 0 Å². The molecule has 0 aromatic carbocycles. The van der Waals surface area contributed by atoms with Gasteiger partial charge in [-0.1, -0.05) is 19.1 Å². The van der Waals surface area contributed by atoms with Gasteiger partial charge in [0.2, 0.25) is 0 Å². The van der Waals surface area contributed by atoms with E-state index >= 15 is 0 Å². The fourth-order valence-corrected chi connectivity index (χ4v) is 1.71. The van der Waals surface area contributed by atoms with Crippen molar-refractivity contribution in [1.82, 2.24) is 9.97 Å². The number of pyridine rings is 2. The number of esters is 1. The quantitative estimate of drug-likeness (QED) is 0.789. The minimum atomic E-state index is -0.271. The second-order valence-electron chi connectivity index (χ2n) is 4.37. The maximum Gasteiger partial charge on any atom is 0.302 e. The second kappa shape index (κ2) is 6.09. The van der Waals surface area contributed by atoms with E-state index in [2.05, 4.69) is 9.97 Å². The average molecular weight is 256 g/mol. The molecule has 1 unspecified atom stereocenters. The van der Waals surface area contributed by atoms with Gasteiger partial charge in [-0.3, -0.25) is 14.8 Å². The first-order valence-corrected chi connectivity index (χ1v) is 6.18. The van der Waals surface area contributed by atoms with Gasteiger partial charge in [-0.15, -0.1) is 0 Å². The Morgan fingerprint density at radius 1 is 1.21 bits per heavy atom. The van der Waals surface area contributed by atoms with Crippen molar-refractivity contribution < 1.29 is 9.53 Å². The van der Waals surface area contributed by atoms with Gasteiger partial charge < -0.3 is 4.74 Å². The molecule has 2 aromatic heterocycles. The van der Waals surface area contributed by atoms with E-state index in [1.807, 2.05) is 43.3 Å². The maximum atomic E-state index is 10.8. The van der Waals surface area contributed by atoms with Crippen LogP contribution in [-0.4, -0.2) is 22.5 Å². The number of carbonyl (C=O) groups excluding carboxylic acids is 1. The zero-order chi connectivity index (χ0) is 13.7. The van der Waals surface area contributed by atoms with E-state index in [1.54, 1.807) is 6.20 Å². The molecule has 19 heavy (non-hydrogen) atoms. The lowest BCUT2D eigenvalue weighted by Crippen LogP contribution is -2.09. The van der Waals surface area contributed by atoms with Crippen LogP contribution in [0.2, 0.25) is 0 Å². The Hall–Kier alpha value is -2.23. The van der Waals surface area contributed by atoms with Crippen LogP contribution in [0.4, 0.5) is 0 Å². The van der Waals surface area contributed by atoms with Crippen LogP contribution in [-0.2, 0) is 9.53 Å². The Morgan fingerprint density at radius 3 is 2.68 bits per heavy atom. The molecule has 0 aliphatic heterocycles. The third kappa shape index (κ3) is 3.61. The van der Waals surface area contributed by atoms with E-state index in [-0.39, 0.29) is 11.9 Å². The third-order valence-corrected chi connectivity index (χ3v) is 2.74. The maximum absolute atomic E-state index is 10.8. The highest BCUT2D eigenvalue weighted by atomic mass is 16.5. The first kappa shape index (κ1) is 13.2. The highest BCUT2D eigenvalue weighted by Gasteiger charge is 2.10. The number of carbonyl (C=O) groups is 1. The predicted molar refractivity (Wildman–Crippen MR) is 72.5 cm³/mol. The van der Waals surface area contributed by atoms with E-state index in [9.17, 15) is 4.79 Å². The first-order chi connectivity index (χ1) is 9.16.